The summed E-state index contributed by atoms with van der Waals surface area (Å²) in [5, 5.41) is 18.6. The molecular weight excluding hydrogens is 366 g/mol. The molecule has 0 aliphatic carbocycles. The molecule has 0 bridgehead atoms. The highest BCUT2D eigenvalue weighted by molar-refractivity contribution is 5.38. The van der Waals surface area contributed by atoms with Gasteiger partial charge in [0, 0.05) is 23.8 Å². The summed E-state index contributed by atoms with van der Waals surface area (Å²) in [7, 11) is 0. The molecule has 0 heterocycles. The first-order valence-electron chi connectivity index (χ1n) is 8.26. The Morgan fingerprint density at radius 1 is 1.11 bits per heavy atom. The topological polar surface area (TPSA) is 75.7 Å². The quantitative estimate of drug-likeness (QED) is 0.629. The van der Waals surface area contributed by atoms with Crippen molar-refractivity contribution in [2.24, 2.45) is 5.73 Å². The molecule has 0 saturated heterocycles. The fourth-order valence-electron chi connectivity index (χ4n) is 2.75. The fourth-order valence-corrected chi connectivity index (χ4v) is 2.75. The van der Waals surface area contributed by atoms with Gasteiger partial charge in [-0.15, -0.1) is 0 Å². The van der Waals surface area contributed by atoms with Crippen LogP contribution in [0.1, 0.15) is 30.9 Å². The van der Waals surface area contributed by atoms with Crippen LogP contribution in [0.2, 0.25) is 0 Å². The first-order valence-corrected chi connectivity index (χ1v) is 8.26. The van der Waals surface area contributed by atoms with Crippen LogP contribution in [0.15, 0.2) is 42.5 Å². The van der Waals surface area contributed by atoms with E-state index in [4.69, 9.17) is 15.6 Å². The Balaban J connectivity index is 2.19. The van der Waals surface area contributed by atoms with Crippen LogP contribution in [0.3, 0.4) is 0 Å². The molecule has 4 nitrogen and oxygen atoms in total. The molecule has 4 N–H and O–H groups in total. The molecule has 8 heteroatoms. The van der Waals surface area contributed by atoms with Crippen molar-refractivity contribution in [3.05, 3.63) is 59.4 Å². The summed E-state index contributed by atoms with van der Waals surface area (Å²) in [6.45, 7) is 1.32. The molecule has 0 aliphatic heterocycles. The van der Waals surface area contributed by atoms with Crippen LogP contribution in [0.4, 0.5) is 17.6 Å². The Kier molecular flexibility index (Phi) is 6.46. The van der Waals surface area contributed by atoms with Gasteiger partial charge in [-0.1, -0.05) is 12.1 Å². The zero-order valence-electron chi connectivity index (χ0n) is 14.6. The van der Waals surface area contributed by atoms with Crippen molar-refractivity contribution in [2.75, 3.05) is 6.61 Å². The Morgan fingerprint density at radius 3 is 2.37 bits per heavy atom. The molecule has 0 spiro atoms. The third-order valence-electron chi connectivity index (χ3n) is 4.07. The average molecular weight is 387 g/mol. The minimum atomic E-state index is -4.51. The second-order valence-corrected chi connectivity index (χ2v) is 6.56. The molecule has 2 aromatic carbocycles. The largest absolute Gasteiger partial charge is 0.457 e. The van der Waals surface area contributed by atoms with Crippen molar-refractivity contribution in [1.82, 2.24) is 0 Å². The number of aliphatic hydroxyl groups is 2. The fraction of sp³-hybridized carbons (Fsp3) is 0.368. The van der Waals surface area contributed by atoms with E-state index in [1.165, 1.54) is 24.3 Å². The van der Waals surface area contributed by atoms with Crippen LogP contribution < -0.4 is 10.5 Å². The van der Waals surface area contributed by atoms with Crippen LogP contribution >= 0.6 is 0 Å². The standard InChI is InChI=1S/C19H21F4NO3/c1-18(24,11-13(26)7-8-25)16-6-5-15(10-17(16)20)27-14-4-2-3-12(9-14)19(21,22)23/h2-6,9-10,13,25-26H,7-8,11,24H2,1H3. The third-order valence-corrected chi connectivity index (χ3v) is 4.07. The van der Waals surface area contributed by atoms with Crippen molar-refractivity contribution in [2.45, 2.75) is 37.6 Å². The maximum atomic E-state index is 14.5. The van der Waals surface area contributed by atoms with E-state index >= 15 is 0 Å². The third kappa shape index (κ3) is 5.66. The van der Waals surface area contributed by atoms with Gasteiger partial charge < -0.3 is 20.7 Å². The van der Waals surface area contributed by atoms with Crippen LogP contribution in [0, 0.1) is 5.82 Å². The minimum absolute atomic E-state index is 0.0160. The SMILES string of the molecule is CC(N)(CC(O)CCO)c1ccc(Oc2cccc(C(F)(F)F)c2)cc1F. The monoisotopic (exact) mass is 387 g/mol. The number of hydrogen-bond donors (Lipinski definition) is 3. The molecule has 0 aliphatic rings. The second-order valence-electron chi connectivity index (χ2n) is 6.56. The Morgan fingerprint density at radius 2 is 1.78 bits per heavy atom. The lowest BCUT2D eigenvalue weighted by Gasteiger charge is -2.28. The van der Waals surface area contributed by atoms with Crippen LogP contribution in [0.25, 0.3) is 0 Å². The van der Waals surface area contributed by atoms with Crippen LogP contribution in [0.5, 0.6) is 11.5 Å². The van der Waals surface area contributed by atoms with Crippen molar-refractivity contribution in [3.63, 3.8) is 0 Å². The van der Waals surface area contributed by atoms with Crippen LogP contribution in [-0.2, 0) is 11.7 Å². The summed E-state index contributed by atoms with van der Waals surface area (Å²) < 4.78 is 58.0. The molecule has 0 saturated carbocycles. The normalized spacial score (nSPS) is 15.3. The number of aliphatic hydroxyl groups excluding tert-OH is 2. The predicted octanol–water partition coefficient (Wildman–Crippen LogP) is 3.94. The lowest BCUT2D eigenvalue weighted by molar-refractivity contribution is -0.137. The molecular formula is C19H21F4NO3. The van der Waals surface area contributed by atoms with Crippen molar-refractivity contribution in [3.8, 4) is 11.5 Å². The van der Waals surface area contributed by atoms with E-state index in [0.29, 0.717) is 0 Å². The van der Waals surface area contributed by atoms with E-state index in [0.717, 1.165) is 18.2 Å². The summed E-state index contributed by atoms with van der Waals surface area (Å²) in [6.07, 6.45) is -5.26. The Bertz CT molecular complexity index is 778. The van der Waals surface area contributed by atoms with E-state index in [1.54, 1.807) is 6.92 Å². The molecule has 2 aromatic rings. The number of ether oxygens (including phenoxy) is 1. The van der Waals surface area contributed by atoms with Gasteiger partial charge in [0.15, 0.2) is 0 Å². The van der Waals surface area contributed by atoms with Crippen molar-refractivity contribution >= 4 is 0 Å². The Labute approximate surface area is 154 Å². The first-order chi connectivity index (χ1) is 12.5. The van der Waals surface area contributed by atoms with Gasteiger partial charge in [0.25, 0.3) is 0 Å². The van der Waals surface area contributed by atoms with Gasteiger partial charge in [-0.05, 0) is 44.0 Å². The number of halogens is 4. The van der Waals surface area contributed by atoms with E-state index < -0.39 is 29.2 Å². The molecule has 0 amide bonds. The molecule has 2 atom stereocenters. The van der Waals surface area contributed by atoms with Gasteiger partial charge in [-0.2, -0.15) is 13.2 Å². The summed E-state index contributed by atoms with van der Waals surface area (Å²) in [5.74, 6) is -0.770. The van der Waals surface area contributed by atoms with Crippen molar-refractivity contribution < 1.29 is 32.5 Å². The maximum Gasteiger partial charge on any atom is 0.416 e. The molecule has 0 radical (unpaired) electrons. The zero-order chi connectivity index (χ0) is 20.2. The smallest absolute Gasteiger partial charge is 0.416 e. The zero-order valence-corrected chi connectivity index (χ0v) is 14.6. The highest BCUT2D eigenvalue weighted by Crippen LogP contribution is 2.34. The predicted molar refractivity (Wildman–Crippen MR) is 91.8 cm³/mol. The van der Waals surface area contributed by atoms with E-state index in [9.17, 15) is 22.7 Å². The summed E-state index contributed by atoms with van der Waals surface area (Å²) in [6, 6.07) is 8.05. The molecule has 2 rings (SSSR count). The summed E-state index contributed by atoms with van der Waals surface area (Å²) in [4.78, 5) is 0. The molecule has 0 aromatic heterocycles. The lowest BCUT2D eigenvalue weighted by atomic mass is 9.86. The number of rotatable bonds is 7. The van der Waals surface area contributed by atoms with E-state index in [1.807, 2.05) is 0 Å². The number of benzene rings is 2. The minimum Gasteiger partial charge on any atom is -0.457 e. The summed E-state index contributed by atoms with van der Waals surface area (Å²) in [5.41, 5.74) is 4.14. The van der Waals surface area contributed by atoms with E-state index in [-0.39, 0.29) is 36.5 Å². The molecule has 27 heavy (non-hydrogen) atoms. The van der Waals surface area contributed by atoms with Gasteiger partial charge in [0.2, 0.25) is 0 Å². The van der Waals surface area contributed by atoms with Gasteiger partial charge >= 0.3 is 6.18 Å². The van der Waals surface area contributed by atoms with Gasteiger partial charge in [0.05, 0.1) is 11.7 Å². The second kappa shape index (κ2) is 8.24. The molecule has 0 fully saturated rings. The molecule has 2 unspecified atom stereocenters. The number of nitrogens with two attached hydrogens (primary N) is 1. The summed E-state index contributed by atoms with van der Waals surface area (Å²) >= 11 is 0. The van der Waals surface area contributed by atoms with Crippen LogP contribution in [-0.4, -0.2) is 22.9 Å². The highest BCUT2D eigenvalue weighted by Gasteiger charge is 2.31. The number of alkyl halides is 3. The highest BCUT2D eigenvalue weighted by atomic mass is 19.4. The maximum absolute atomic E-state index is 14.5. The van der Waals surface area contributed by atoms with Crippen molar-refractivity contribution in [1.29, 1.82) is 0 Å². The van der Waals surface area contributed by atoms with Gasteiger partial charge in [-0.3, -0.25) is 0 Å². The van der Waals surface area contributed by atoms with E-state index in [2.05, 4.69) is 0 Å². The molecule has 148 valence electrons. The van der Waals surface area contributed by atoms with Gasteiger partial charge in [-0.25, -0.2) is 4.39 Å². The first kappa shape index (κ1) is 21.1. The van der Waals surface area contributed by atoms with Gasteiger partial charge in [0.1, 0.15) is 17.3 Å². The number of hydrogen-bond acceptors (Lipinski definition) is 4. The average Bonchev–Trinajstić information content (AvgIpc) is 2.53. The lowest BCUT2D eigenvalue weighted by Crippen LogP contribution is -2.38. The Hall–Kier alpha value is -2.16.